The van der Waals surface area contributed by atoms with Gasteiger partial charge in [0.05, 0.1) is 19.4 Å². The summed E-state index contributed by atoms with van der Waals surface area (Å²) in [5.74, 6) is 2.36. The average molecular weight is 401 g/mol. The second-order valence-corrected chi connectivity index (χ2v) is 7.74. The molecule has 2 aliphatic rings. The molecule has 2 atom stereocenters. The zero-order chi connectivity index (χ0) is 19.0. The summed E-state index contributed by atoms with van der Waals surface area (Å²) in [5.41, 5.74) is 1.90. The van der Waals surface area contributed by atoms with Crippen LogP contribution < -0.4 is 14.4 Å². The van der Waals surface area contributed by atoms with E-state index in [0.717, 1.165) is 28.5 Å². The summed E-state index contributed by atoms with van der Waals surface area (Å²) in [6.07, 6.45) is 0. The van der Waals surface area contributed by atoms with Crippen LogP contribution in [0.25, 0.3) is 0 Å². The average Bonchev–Trinajstić information content (AvgIpc) is 3.23. The van der Waals surface area contributed by atoms with Crippen molar-refractivity contribution in [3.63, 3.8) is 0 Å². The molecule has 0 radical (unpaired) electrons. The number of thiocarbonyl (C=S) groups is 1. The Labute approximate surface area is 168 Å². The van der Waals surface area contributed by atoms with Crippen LogP contribution in [0.3, 0.4) is 0 Å². The third-order valence-corrected chi connectivity index (χ3v) is 6.44. The third-order valence-electron chi connectivity index (χ3n) is 4.72. The number of thioether (sulfide) groups is 1. The van der Waals surface area contributed by atoms with Crippen molar-refractivity contribution in [3.8, 4) is 11.5 Å². The van der Waals surface area contributed by atoms with Crippen molar-refractivity contribution < 1.29 is 14.3 Å². The van der Waals surface area contributed by atoms with Crippen molar-refractivity contribution in [2.45, 2.75) is 18.3 Å². The Morgan fingerprint density at radius 2 is 1.78 bits per heavy atom. The zero-order valence-corrected chi connectivity index (χ0v) is 16.8. The van der Waals surface area contributed by atoms with Gasteiger partial charge in [-0.1, -0.05) is 12.1 Å². The molecule has 0 N–H and O–H groups in total. The van der Waals surface area contributed by atoms with E-state index in [1.54, 1.807) is 23.8 Å². The SMILES string of the molecule is CCOc1ccc([C@H]2SC[C@H]3C(=O)N(c4ccc(OC)cc4)C(=S)N23)cc1. The molecule has 0 aromatic heterocycles. The molecule has 2 heterocycles. The first-order chi connectivity index (χ1) is 13.1. The zero-order valence-electron chi connectivity index (χ0n) is 15.1. The van der Waals surface area contributed by atoms with Gasteiger partial charge >= 0.3 is 0 Å². The van der Waals surface area contributed by atoms with Crippen LogP contribution in [0.5, 0.6) is 11.5 Å². The molecular formula is C20H20N2O3S2. The monoisotopic (exact) mass is 400 g/mol. The molecule has 1 amide bonds. The van der Waals surface area contributed by atoms with Crippen LogP contribution in [0.15, 0.2) is 48.5 Å². The van der Waals surface area contributed by atoms with Crippen LogP contribution in [0.1, 0.15) is 17.9 Å². The number of carbonyl (C=O) groups excluding carboxylic acids is 1. The van der Waals surface area contributed by atoms with Crippen LogP contribution in [0, 0.1) is 0 Å². The quantitative estimate of drug-likeness (QED) is 0.711. The second kappa shape index (κ2) is 7.40. The Bertz CT molecular complexity index is 855. The highest BCUT2D eigenvalue weighted by molar-refractivity contribution is 7.99. The van der Waals surface area contributed by atoms with Crippen molar-refractivity contribution in [2.75, 3.05) is 24.4 Å². The summed E-state index contributed by atoms with van der Waals surface area (Å²) in [6.45, 7) is 2.61. The Hall–Kier alpha value is -2.25. The molecule has 0 spiro atoms. The number of amides is 1. The maximum absolute atomic E-state index is 13.0. The lowest BCUT2D eigenvalue weighted by Crippen LogP contribution is -2.33. The van der Waals surface area contributed by atoms with Crippen LogP contribution in [0.2, 0.25) is 0 Å². The molecule has 0 bridgehead atoms. The minimum absolute atomic E-state index is 0.0328. The minimum atomic E-state index is -0.221. The number of hydrogen-bond donors (Lipinski definition) is 0. The molecule has 0 saturated carbocycles. The number of methoxy groups -OCH3 is 1. The molecule has 140 valence electrons. The van der Waals surface area contributed by atoms with Crippen LogP contribution in [-0.4, -0.2) is 41.4 Å². The molecule has 4 rings (SSSR count). The Kier molecular flexibility index (Phi) is 4.97. The summed E-state index contributed by atoms with van der Waals surface area (Å²) in [4.78, 5) is 16.7. The maximum atomic E-state index is 13.0. The van der Waals surface area contributed by atoms with Crippen LogP contribution >= 0.6 is 24.0 Å². The topological polar surface area (TPSA) is 42.0 Å². The first-order valence-corrected chi connectivity index (χ1v) is 10.2. The molecular weight excluding hydrogens is 380 g/mol. The van der Waals surface area contributed by atoms with Gasteiger partial charge in [0, 0.05) is 5.75 Å². The van der Waals surface area contributed by atoms with Gasteiger partial charge in [-0.15, -0.1) is 11.8 Å². The van der Waals surface area contributed by atoms with E-state index in [-0.39, 0.29) is 17.3 Å². The second-order valence-electron chi connectivity index (χ2n) is 6.27. The number of rotatable bonds is 5. The number of ether oxygens (including phenoxy) is 2. The smallest absolute Gasteiger partial charge is 0.257 e. The molecule has 2 aromatic rings. The minimum Gasteiger partial charge on any atom is -0.497 e. The summed E-state index contributed by atoms with van der Waals surface area (Å²) in [6, 6.07) is 15.2. The fourth-order valence-electron chi connectivity index (χ4n) is 3.41. The molecule has 5 nitrogen and oxygen atoms in total. The summed E-state index contributed by atoms with van der Waals surface area (Å²) >= 11 is 7.45. The number of fused-ring (bicyclic) bond motifs is 1. The number of carbonyl (C=O) groups is 1. The molecule has 2 aromatic carbocycles. The van der Waals surface area contributed by atoms with E-state index in [4.69, 9.17) is 21.7 Å². The van der Waals surface area contributed by atoms with Crippen LogP contribution in [-0.2, 0) is 4.79 Å². The molecule has 0 unspecified atom stereocenters. The Balaban J connectivity index is 1.59. The predicted molar refractivity (Wildman–Crippen MR) is 112 cm³/mol. The van der Waals surface area contributed by atoms with Gasteiger partial charge in [0.2, 0.25) is 0 Å². The fourth-order valence-corrected chi connectivity index (χ4v) is 5.33. The van der Waals surface area contributed by atoms with E-state index in [2.05, 4.69) is 4.90 Å². The van der Waals surface area contributed by atoms with Crippen molar-refractivity contribution in [1.29, 1.82) is 0 Å². The van der Waals surface area contributed by atoms with E-state index < -0.39 is 0 Å². The van der Waals surface area contributed by atoms with Crippen molar-refractivity contribution in [2.24, 2.45) is 0 Å². The molecule has 2 fully saturated rings. The third kappa shape index (κ3) is 3.15. The van der Waals surface area contributed by atoms with Gasteiger partial charge in [-0.2, -0.15) is 0 Å². The van der Waals surface area contributed by atoms with E-state index >= 15 is 0 Å². The highest BCUT2D eigenvalue weighted by atomic mass is 32.2. The maximum Gasteiger partial charge on any atom is 0.257 e. The summed E-state index contributed by atoms with van der Waals surface area (Å²) in [5, 5.41) is 0.587. The van der Waals surface area contributed by atoms with Gasteiger partial charge in [-0.3, -0.25) is 9.69 Å². The number of hydrogen-bond acceptors (Lipinski definition) is 5. The van der Waals surface area contributed by atoms with Gasteiger partial charge in [-0.05, 0) is 61.1 Å². The first kappa shape index (κ1) is 18.1. The Morgan fingerprint density at radius 3 is 2.41 bits per heavy atom. The highest BCUT2D eigenvalue weighted by Crippen LogP contribution is 2.46. The lowest BCUT2D eigenvalue weighted by molar-refractivity contribution is -0.119. The van der Waals surface area contributed by atoms with Crippen molar-refractivity contribution in [1.82, 2.24) is 4.90 Å². The molecule has 2 aliphatic heterocycles. The van der Waals surface area contributed by atoms with Gasteiger partial charge in [0.15, 0.2) is 5.11 Å². The normalized spacial score (nSPS) is 21.6. The van der Waals surface area contributed by atoms with E-state index in [0.29, 0.717) is 11.7 Å². The van der Waals surface area contributed by atoms with Gasteiger partial charge < -0.3 is 14.4 Å². The van der Waals surface area contributed by atoms with Crippen molar-refractivity contribution >= 4 is 40.7 Å². The highest BCUT2D eigenvalue weighted by Gasteiger charge is 2.50. The van der Waals surface area contributed by atoms with E-state index in [9.17, 15) is 4.79 Å². The molecule has 0 aliphatic carbocycles. The lowest BCUT2D eigenvalue weighted by Gasteiger charge is -2.25. The number of nitrogens with zero attached hydrogens (tertiary/aromatic N) is 2. The predicted octanol–water partition coefficient (Wildman–Crippen LogP) is 3.84. The van der Waals surface area contributed by atoms with E-state index in [1.165, 1.54) is 0 Å². The number of anilines is 1. The molecule has 7 heteroatoms. The van der Waals surface area contributed by atoms with Crippen LogP contribution in [0.4, 0.5) is 5.69 Å². The fraction of sp³-hybridized carbons (Fsp3) is 0.300. The number of benzene rings is 2. The molecule has 27 heavy (non-hydrogen) atoms. The van der Waals surface area contributed by atoms with Crippen molar-refractivity contribution in [3.05, 3.63) is 54.1 Å². The Morgan fingerprint density at radius 1 is 1.11 bits per heavy atom. The first-order valence-electron chi connectivity index (χ1n) is 8.78. The standard InChI is InChI=1S/C20H20N2O3S2/c1-3-25-16-8-4-13(5-9-16)19-22-17(12-27-19)18(23)21(20(22)26)14-6-10-15(24-2)11-7-14/h4-11,17,19H,3,12H2,1-2H3/t17-,19+/m0/s1. The van der Waals surface area contributed by atoms with E-state index in [1.807, 2.05) is 55.5 Å². The van der Waals surface area contributed by atoms with Gasteiger partial charge in [0.1, 0.15) is 22.9 Å². The summed E-state index contributed by atoms with van der Waals surface area (Å²) < 4.78 is 10.7. The summed E-state index contributed by atoms with van der Waals surface area (Å²) in [7, 11) is 1.62. The largest absolute Gasteiger partial charge is 0.497 e. The molecule has 2 saturated heterocycles. The van der Waals surface area contributed by atoms with Gasteiger partial charge in [0.25, 0.3) is 5.91 Å². The lowest BCUT2D eigenvalue weighted by atomic mass is 10.2. The van der Waals surface area contributed by atoms with Gasteiger partial charge in [-0.25, -0.2) is 0 Å².